The molecular weight excluding hydrogens is 208 g/mol. The van der Waals surface area contributed by atoms with Crippen molar-refractivity contribution in [3.8, 4) is 0 Å². The summed E-state index contributed by atoms with van der Waals surface area (Å²) in [4.78, 5) is 0. The van der Waals surface area contributed by atoms with Crippen LogP contribution in [0.1, 0.15) is 12.8 Å². The minimum atomic E-state index is 0.799. The van der Waals surface area contributed by atoms with Crippen molar-refractivity contribution >= 4 is 16.5 Å². The molecular formula is C15H18N2. The Kier molecular flexibility index (Phi) is 2.97. The van der Waals surface area contributed by atoms with Crippen molar-refractivity contribution in [3.05, 3.63) is 42.5 Å². The van der Waals surface area contributed by atoms with Gasteiger partial charge in [0.05, 0.1) is 0 Å². The molecule has 0 amide bonds. The predicted octanol–water partition coefficient (Wildman–Crippen LogP) is 3.00. The molecule has 17 heavy (non-hydrogen) atoms. The van der Waals surface area contributed by atoms with E-state index < -0.39 is 0 Å². The minimum absolute atomic E-state index is 0.799. The lowest BCUT2D eigenvalue weighted by Crippen LogP contribution is -2.23. The fourth-order valence-electron chi connectivity index (χ4n) is 2.07. The van der Waals surface area contributed by atoms with Gasteiger partial charge in [-0.3, -0.25) is 0 Å². The summed E-state index contributed by atoms with van der Waals surface area (Å²) in [5.41, 5.74) is 1.21. The molecule has 1 saturated carbocycles. The molecule has 2 aromatic rings. The molecule has 0 unspecified atom stereocenters. The first kappa shape index (κ1) is 10.6. The van der Waals surface area contributed by atoms with Gasteiger partial charge in [-0.1, -0.05) is 30.3 Å². The smallest absolute Gasteiger partial charge is 0.0347 e. The van der Waals surface area contributed by atoms with Gasteiger partial charge in [-0.2, -0.15) is 0 Å². The molecule has 2 heteroatoms. The van der Waals surface area contributed by atoms with Crippen LogP contribution in [-0.4, -0.2) is 19.1 Å². The Bertz CT molecular complexity index is 503. The van der Waals surface area contributed by atoms with Crippen LogP contribution in [0, 0.1) is 0 Å². The molecule has 0 aromatic heterocycles. The number of rotatable bonds is 5. The van der Waals surface area contributed by atoms with Crippen LogP contribution in [0.25, 0.3) is 10.8 Å². The lowest BCUT2D eigenvalue weighted by molar-refractivity contribution is 0.701. The Hall–Kier alpha value is -1.54. The van der Waals surface area contributed by atoms with E-state index in [0.717, 1.165) is 19.1 Å². The zero-order chi connectivity index (χ0) is 11.5. The Morgan fingerprint density at radius 1 is 0.941 bits per heavy atom. The van der Waals surface area contributed by atoms with Crippen molar-refractivity contribution in [1.29, 1.82) is 0 Å². The van der Waals surface area contributed by atoms with E-state index in [4.69, 9.17) is 0 Å². The van der Waals surface area contributed by atoms with Crippen LogP contribution >= 0.6 is 0 Å². The summed E-state index contributed by atoms with van der Waals surface area (Å²) in [7, 11) is 0. The third-order valence-electron chi connectivity index (χ3n) is 3.21. The second-order valence-corrected chi connectivity index (χ2v) is 4.72. The molecule has 0 saturated heterocycles. The highest BCUT2D eigenvalue weighted by molar-refractivity contribution is 5.85. The summed E-state index contributed by atoms with van der Waals surface area (Å²) in [5.74, 6) is 0. The van der Waals surface area contributed by atoms with E-state index in [2.05, 4.69) is 53.1 Å². The molecule has 0 heterocycles. The van der Waals surface area contributed by atoms with Gasteiger partial charge in [0.2, 0.25) is 0 Å². The third kappa shape index (κ3) is 2.77. The quantitative estimate of drug-likeness (QED) is 0.766. The summed E-state index contributed by atoms with van der Waals surface area (Å²) in [5, 5.41) is 9.56. The standard InChI is InChI=1S/C15H18N2/c1-2-4-13-11-15(6-5-12(13)3-1)17-10-9-16-14-7-8-14/h1-6,11,14,16-17H,7-10H2. The maximum absolute atomic E-state index is 3.50. The molecule has 0 spiro atoms. The zero-order valence-corrected chi connectivity index (χ0v) is 9.95. The zero-order valence-electron chi connectivity index (χ0n) is 9.95. The van der Waals surface area contributed by atoms with E-state index in [-0.39, 0.29) is 0 Å². The first-order valence-electron chi connectivity index (χ1n) is 6.38. The maximum Gasteiger partial charge on any atom is 0.0347 e. The van der Waals surface area contributed by atoms with E-state index in [1.165, 1.54) is 29.3 Å². The second kappa shape index (κ2) is 4.76. The average Bonchev–Trinajstić information content (AvgIpc) is 3.18. The lowest BCUT2D eigenvalue weighted by atomic mass is 10.1. The van der Waals surface area contributed by atoms with Crippen LogP contribution < -0.4 is 10.6 Å². The van der Waals surface area contributed by atoms with Crippen molar-refractivity contribution in [2.75, 3.05) is 18.4 Å². The van der Waals surface area contributed by atoms with Gasteiger partial charge in [0.15, 0.2) is 0 Å². The van der Waals surface area contributed by atoms with E-state index in [1.54, 1.807) is 0 Å². The summed E-state index contributed by atoms with van der Waals surface area (Å²) in [6, 6.07) is 15.8. The number of fused-ring (bicyclic) bond motifs is 1. The monoisotopic (exact) mass is 226 g/mol. The predicted molar refractivity (Wildman–Crippen MR) is 73.5 cm³/mol. The van der Waals surface area contributed by atoms with E-state index in [0.29, 0.717) is 0 Å². The van der Waals surface area contributed by atoms with Gasteiger partial charge in [-0.25, -0.2) is 0 Å². The largest absolute Gasteiger partial charge is 0.384 e. The van der Waals surface area contributed by atoms with Gasteiger partial charge in [0, 0.05) is 24.8 Å². The van der Waals surface area contributed by atoms with Crippen LogP contribution in [0.4, 0.5) is 5.69 Å². The highest BCUT2D eigenvalue weighted by Gasteiger charge is 2.19. The molecule has 1 aliphatic rings. The Morgan fingerprint density at radius 3 is 2.59 bits per heavy atom. The maximum atomic E-state index is 3.50. The lowest BCUT2D eigenvalue weighted by Gasteiger charge is -2.08. The van der Waals surface area contributed by atoms with Crippen molar-refractivity contribution in [3.63, 3.8) is 0 Å². The van der Waals surface area contributed by atoms with Gasteiger partial charge in [0.1, 0.15) is 0 Å². The van der Waals surface area contributed by atoms with Gasteiger partial charge < -0.3 is 10.6 Å². The molecule has 2 nitrogen and oxygen atoms in total. The normalized spacial score (nSPS) is 15.1. The van der Waals surface area contributed by atoms with E-state index in [1.807, 2.05) is 0 Å². The van der Waals surface area contributed by atoms with Gasteiger partial charge in [0.25, 0.3) is 0 Å². The molecule has 0 atom stereocenters. The van der Waals surface area contributed by atoms with Gasteiger partial charge >= 0.3 is 0 Å². The number of hydrogen-bond acceptors (Lipinski definition) is 2. The van der Waals surface area contributed by atoms with E-state index in [9.17, 15) is 0 Å². The molecule has 2 aromatic carbocycles. The third-order valence-corrected chi connectivity index (χ3v) is 3.21. The molecule has 1 fully saturated rings. The second-order valence-electron chi connectivity index (χ2n) is 4.72. The highest BCUT2D eigenvalue weighted by Crippen LogP contribution is 2.19. The van der Waals surface area contributed by atoms with E-state index >= 15 is 0 Å². The topological polar surface area (TPSA) is 24.1 Å². The van der Waals surface area contributed by atoms with Crippen LogP contribution in [-0.2, 0) is 0 Å². The van der Waals surface area contributed by atoms with Crippen molar-refractivity contribution in [2.45, 2.75) is 18.9 Å². The van der Waals surface area contributed by atoms with Crippen molar-refractivity contribution in [1.82, 2.24) is 5.32 Å². The van der Waals surface area contributed by atoms with Crippen LogP contribution in [0.3, 0.4) is 0 Å². The fraction of sp³-hybridized carbons (Fsp3) is 0.333. The molecule has 0 bridgehead atoms. The molecule has 0 radical (unpaired) electrons. The Labute approximate surface area is 102 Å². The Morgan fingerprint density at radius 2 is 1.76 bits per heavy atom. The van der Waals surface area contributed by atoms with Gasteiger partial charge in [-0.15, -0.1) is 0 Å². The molecule has 88 valence electrons. The highest BCUT2D eigenvalue weighted by atomic mass is 15.0. The Balaban J connectivity index is 1.59. The van der Waals surface area contributed by atoms with Crippen LogP contribution in [0.5, 0.6) is 0 Å². The molecule has 0 aliphatic heterocycles. The molecule has 1 aliphatic carbocycles. The number of hydrogen-bond donors (Lipinski definition) is 2. The molecule has 2 N–H and O–H groups in total. The number of nitrogens with one attached hydrogen (secondary N) is 2. The number of benzene rings is 2. The fourth-order valence-corrected chi connectivity index (χ4v) is 2.07. The van der Waals surface area contributed by atoms with Crippen LogP contribution in [0.2, 0.25) is 0 Å². The van der Waals surface area contributed by atoms with Gasteiger partial charge in [-0.05, 0) is 35.7 Å². The summed E-state index contributed by atoms with van der Waals surface area (Å²) >= 11 is 0. The first-order chi connectivity index (χ1) is 8.42. The van der Waals surface area contributed by atoms with Crippen molar-refractivity contribution in [2.24, 2.45) is 0 Å². The first-order valence-corrected chi connectivity index (χ1v) is 6.38. The molecule has 3 rings (SSSR count). The average molecular weight is 226 g/mol. The number of anilines is 1. The summed E-state index contributed by atoms with van der Waals surface area (Å²) in [6.07, 6.45) is 2.71. The minimum Gasteiger partial charge on any atom is -0.384 e. The summed E-state index contributed by atoms with van der Waals surface area (Å²) < 4.78 is 0. The summed E-state index contributed by atoms with van der Waals surface area (Å²) in [6.45, 7) is 2.05. The van der Waals surface area contributed by atoms with Crippen LogP contribution in [0.15, 0.2) is 42.5 Å². The SMILES string of the molecule is c1ccc2cc(NCCNC3CC3)ccc2c1. The van der Waals surface area contributed by atoms with Crippen molar-refractivity contribution < 1.29 is 0 Å².